The van der Waals surface area contributed by atoms with E-state index in [0.717, 1.165) is 12.1 Å². The Morgan fingerprint density at radius 2 is 1.64 bits per heavy atom. The molecule has 2 atom stereocenters. The molecule has 0 amide bonds. The van der Waals surface area contributed by atoms with E-state index in [4.69, 9.17) is 9.47 Å². The van der Waals surface area contributed by atoms with Crippen molar-refractivity contribution in [2.24, 2.45) is 5.92 Å². The summed E-state index contributed by atoms with van der Waals surface area (Å²) in [6.07, 6.45) is -4.90. The number of benzene rings is 1. The largest absolute Gasteiger partial charge is 0.478 e. The van der Waals surface area contributed by atoms with E-state index in [1.807, 2.05) is 20.8 Å². The maximum absolute atomic E-state index is 13.2. The predicted octanol–water partition coefficient (Wildman–Crippen LogP) is 4.97. The quantitative estimate of drug-likeness (QED) is 0.542. The highest BCUT2D eigenvalue weighted by atomic mass is 19.4. The third-order valence-corrected chi connectivity index (χ3v) is 5.93. The number of halogens is 3. The molecule has 0 bridgehead atoms. The highest BCUT2D eigenvalue weighted by Gasteiger charge is 2.40. The van der Waals surface area contributed by atoms with Gasteiger partial charge in [-0.05, 0) is 44.4 Å². The number of nitrogens with zero attached hydrogens (tertiary/aromatic N) is 1. The van der Waals surface area contributed by atoms with Crippen LogP contribution in [0.5, 0.6) is 0 Å². The summed E-state index contributed by atoms with van der Waals surface area (Å²) in [6.45, 7) is 9.29. The van der Waals surface area contributed by atoms with Gasteiger partial charge in [-0.2, -0.15) is 13.2 Å². The Balaban J connectivity index is 2.60. The number of hydrogen-bond acceptors (Lipinski definition) is 5. The van der Waals surface area contributed by atoms with Crippen LogP contribution in [0.25, 0.3) is 0 Å². The van der Waals surface area contributed by atoms with Crippen molar-refractivity contribution in [1.82, 2.24) is 4.90 Å². The number of carbonyl (C=O) groups is 2. The molecule has 182 valence electrons. The third kappa shape index (κ3) is 5.58. The van der Waals surface area contributed by atoms with Crippen LogP contribution in [0.1, 0.15) is 51.7 Å². The van der Waals surface area contributed by atoms with E-state index in [9.17, 15) is 27.9 Å². The molecule has 1 aromatic carbocycles. The maximum Gasteiger partial charge on any atom is 0.416 e. The van der Waals surface area contributed by atoms with E-state index < -0.39 is 29.6 Å². The summed E-state index contributed by atoms with van der Waals surface area (Å²) in [5.74, 6) is -3.01. The van der Waals surface area contributed by atoms with Gasteiger partial charge in [0.05, 0.1) is 28.7 Å². The van der Waals surface area contributed by atoms with Gasteiger partial charge in [0.2, 0.25) is 0 Å². The minimum atomic E-state index is -4.54. The van der Waals surface area contributed by atoms with Gasteiger partial charge in [0.15, 0.2) is 0 Å². The number of ether oxygens (including phenoxy) is 2. The third-order valence-electron chi connectivity index (χ3n) is 5.93. The standard InChI is InChI=1S/C24H30F3NO5/c1-7-28-14(4)19(22(29)30)21(16-8-10-17(11-9-16)24(25,26)27)20(15(28)5)23(31)33-12-18(32-6)13(2)3/h8-11,13,18,21H,7,12H2,1-6H3,(H,29,30). The Labute approximate surface area is 191 Å². The molecule has 1 heterocycles. The van der Waals surface area contributed by atoms with Crippen LogP contribution in [-0.2, 0) is 25.2 Å². The van der Waals surface area contributed by atoms with Crippen LogP contribution in [0.4, 0.5) is 13.2 Å². The number of carbonyl (C=O) groups excluding carboxylic acids is 1. The molecule has 0 saturated heterocycles. The second-order valence-corrected chi connectivity index (χ2v) is 8.22. The molecule has 0 saturated carbocycles. The average Bonchev–Trinajstić information content (AvgIpc) is 2.72. The van der Waals surface area contributed by atoms with Gasteiger partial charge in [0.25, 0.3) is 0 Å². The van der Waals surface area contributed by atoms with Gasteiger partial charge in [-0.3, -0.25) is 0 Å². The Kier molecular flexibility index (Phi) is 8.35. The number of hydrogen-bond donors (Lipinski definition) is 1. The van der Waals surface area contributed by atoms with Crippen molar-refractivity contribution < 1.29 is 37.3 Å². The van der Waals surface area contributed by atoms with Crippen molar-refractivity contribution in [3.63, 3.8) is 0 Å². The molecule has 0 spiro atoms. The molecular weight excluding hydrogens is 439 g/mol. The van der Waals surface area contributed by atoms with E-state index in [0.29, 0.717) is 17.9 Å². The molecule has 0 fully saturated rings. The fourth-order valence-electron chi connectivity index (χ4n) is 4.09. The van der Waals surface area contributed by atoms with Gasteiger partial charge in [0, 0.05) is 25.0 Å². The smallest absolute Gasteiger partial charge is 0.416 e. The summed E-state index contributed by atoms with van der Waals surface area (Å²) in [6, 6.07) is 4.18. The average molecular weight is 470 g/mol. The molecule has 0 radical (unpaired) electrons. The minimum absolute atomic E-state index is 0.0409. The Bertz CT molecular complexity index is 948. The van der Waals surface area contributed by atoms with Gasteiger partial charge >= 0.3 is 18.1 Å². The molecule has 6 nitrogen and oxygen atoms in total. The number of esters is 1. The number of rotatable bonds is 8. The predicted molar refractivity (Wildman–Crippen MR) is 116 cm³/mol. The van der Waals surface area contributed by atoms with Crippen LogP contribution in [0, 0.1) is 5.92 Å². The lowest BCUT2D eigenvalue weighted by Crippen LogP contribution is -2.35. The van der Waals surface area contributed by atoms with Crippen molar-refractivity contribution in [3.05, 3.63) is 57.9 Å². The Hall–Kier alpha value is -2.81. The van der Waals surface area contributed by atoms with Crippen molar-refractivity contribution in [1.29, 1.82) is 0 Å². The van der Waals surface area contributed by atoms with Crippen LogP contribution in [-0.4, -0.2) is 48.3 Å². The van der Waals surface area contributed by atoms with Gasteiger partial charge < -0.3 is 19.5 Å². The normalized spacial score (nSPS) is 18.1. The first-order valence-corrected chi connectivity index (χ1v) is 10.6. The first-order chi connectivity index (χ1) is 15.3. The minimum Gasteiger partial charge on any atom is -0.478 e. The number of carboxylic acids is 1. The number of alkyl halides is 3. The zero-order valence-electron chi connectivity index (χ0n) is 19.6. The second-order valence-electron chi connectivity index (χ2n) is 8.22. The van der Waals surface area contributed by atoms with E-state index in [2.05, 4.69) is 0 Å². The van der Waals surface area contributed by atoms with Gasteiger partial charge in [-0.25, -0.2) is 9.59 Å². The second kappa shape index (κ2) is 10.4. The van der Waals surface area contributed by atoms with Crippen LogP contribution < -0.4 is 0 Å². The Morgan fingerprint density at radius 1 is 1.09 bits per heavy atom. The summed E-state index contributed by atoms with van der Waals surface area (Å²) in [7, 11) is 1.50. The first kappa shape index (κ1) is 26.4. The molecular formula is C24H30F3NO5. The zero-order valence-corrected chi connectivity index (χ0v) is 19.6. The molecule has 9 heteroatoms. The van der Waals surface area contributed by atoms with E-state index in [1.54, 1.807) is 18.7 Å². The summed E-state index contributed by atoms with van der Waals surface area (Å²) < 4.78 is 50.0. The lowest BCUT2D eigenvalue weighted by molar-refractivity contribution is -0.144. The van der Waals surface area contributed by atoms with Crippen LogP contribution >= 0.6 is 0 Å². The van der Waals surface area contributed by atoms with Crippen molar-refractivity contribution in [2.45, 2.75) is 52.8 Å². The number of allylic oxidation sites excluding steroid dienone is 2. The van der Waals surface area contributed by atoms with Gasteiger partial charge in [-0.1, -0.05) is 26.0 Å². The SMILES string of the molecule is CCN1C(C)=C(C(=O)O)C(c2ccc(C(F)(F)F)cc2)C(C(=O)OCC(OC)C(C)C)=C1C. The van der Waals surface area contributed by atoms with Gasteiger partial charge in [0.1, 0.15) is 6.61 Å². The van der Waals surface area contributed by atoms with E-state index in [1.165, 1.54) is 19.2 Å². The molecule has 2 unspecified atom stereocenters. The first-order valence-electron chi connectivity index (χ1n) is 10.6. The molecule has 1 aliphatic rings. The van der Waals surface area contributed by atoms with Crippen LogP contribution in [0.2, 0.25) is 0 Å². The van der Waals surface area contributed by atoms with Crippen LogP contribution in [0.15, 0.2) is 46.8 Å². The van der Waals surface area contributed by atoms with E-state index >= 15 is 0 Å². The fraction of sp³-hybridized carbons (Fsp3) is 0.500. The van der Waals surface area contributed by atoms with Crippen LogP contribution in [0.3, 0.4) is 0 Å². The van der Waals surface area contributed by atoms with Crippen molar-refractivity contribution in [2.75, 3.05) is 20.3 Å². The molecule has 0 aliphatic carbocycles. The molecule has 1 aliphatic heterocycles. The number of methoxy groups -OCH3 is 1. The lowest BCUT2D eigenvalue weighted by Gasteiger charge is -2.37. The number of aliphatic carboxylic acids is 1. The zero-order chi connectivity index (χ0) is 25.1. The van der Waals surface area contributed by atoms with Crippen molar-refractivity contribution >= 4 is 11.9 Å². The summed E-state index contributed by atoms with van der Waals surface area (Å²) in [5.41, 5.74) is 0.308. The Morgan fingerprint density at radius 3 is 2.06 bits per heavy atom. The highest BCUT2D eigenvalue weighted by Crippen LogP contribution is 2.43. The molecule has 0 aromatic heterocycles. The maximum atomic E-state index is 13.2. The van der Waals surface area contributed by atoms with Crippen molar-refractivity contribution in [3.8, 4) is 0 Å². The molecule has 1 N–H and O–H groups in total. The van der Waals surface area contributed by atoms with E-state index in [-0.39, 0.29) is 35.3 Å². The lowest BCUT2D eigenvalue weighted by atomic mass is 9.79. The molecule has 33 heavy (non-hydrogen) atoms. The fourth-order valence-corrected chi connectivity index (χ4v) is 4.09. The highest BCUT2D eigenvalue weighted by molar-refractivity contribution is 5.99. The van der Waals surface area contributed by atoms with Gasteiger partial charge in [-0.15, -0.1) is 0 Å². The molecule has 1 aromatic rings. The number of carboxylic acid groups (broad SMARTS) is 1. The summed E-state index contributed by atoms with van der Waals surface area (Å²) in [4.78, 5) is 27.2. The topological polar surface area (TPSA) is 76.1 Å². The monoisotopic (exact) mass is 469 g/mol. The molecule has 2 rings (SSSR count). The summed E-state index contributed by atoms with van der Waals surface area (Å²) in [5, 5.41) is 9.99. The summed E-state index contributed by atoms with van der Waals surface area (Å²) >= 11 is 0.